The first kappa shape index (κ1) is 24.2. The SMILES string of the molecule is CN(C)c1nc(N[C@H]2CC[C@@H](NC(=O)c3ccc(C(F)(F)F)c(F)c3)CC2)nc2c1CCCC2. The van der Waals surface area contributed by atoms with Gasteiger partial charge in [-0.15, -0.1) is 0 Å². The molecule has 0 saturated heterocycles. The van der Waals surface area contributed by atoms with Gasteiger partial charge in [0.25, 0.3) is 5.91 Å². The maximum Gasteiger partial charge on any atom is 0.419 e. The molecule has 1 fully saturated rings. The molecule has 0 spiro atoms. The van der Waals surface area contributed by atoms with E-state index in [-0.39, 0.29) is 17.6 Å². The van der Waals surface area contributed by atoms with Crippen LogP contribution < -0.4 is 15.5 Å². The standard InChI is InChI=1S/C24H29F4N5O/c1-33(2)21-17-5-3-4-6-20(17)31-23(32-21)30-16-10-8-15(9-11-16)29-22(34)14-7-12-18(19(25)13-14)24(26,27)28/h7,12-13,15-16H,3-6,8-11H2,1-2H3,(H,29,34)(H,30,31,32)/t15-,16+. The van der Waals surface area contributed by atoms with E-state index in [0.717, 1.165) is 56.1 Å². The summed E-state index contributed by atoms with van der Waals surface area (Å²) in [6.45, 7) is 0. The van der Waals surface area contributed by atoms with Gasteiger partial charge in [-0.25, -0.2) is 9.37 Å². The molecule has 2 aliphatic carbocycles. The third kappa shape index (κ3) is 5.42. The number of rotatable bonds is 5. The number of hydrogen-bond acceptors (Lipinski definition) is 5. The Balaban J connectivity index is 1.34. The van der Waals surface area contributed by atoms with E-state index in [1.807, 2.05) is 19.0 Å². The largest absolute Gasteiger partial charge is 0.419 e. The summed E-state index contributed by atoms with van der Waals surface area (Å²) in [5.41, 5.74) is 0.840. The van der Waals surface area contributed by atoms with E-state index in [0.29, 0.717) is 30.9 Å². The molecule has 2 aliphatic rings. The lowest BCUT2D eigenvalue weighted by atomic mass is 9.91. The van der Waals surface area contributed by atoms with E-state index in [2.05, 4.69) is 10.6 Å². The van der Waals surface area contributed by atoms with Crippen LogP contribution in [-0.4, -0.2) is 42.1 Å². The molecule has 1 aromatic heterocycles. The summed E-state index contributed by atoms with van der Waals surface area (Å²) in [4.78, 5) is 24.0. The fourth-order valence-corrected chi connectivity index (χ4v) is 4.73. The van der Waals surface area contributed by atoms with Gasteiger partial charge in [0.2, 0.25) is 5.95 Å². The number of nitrogens with one attached hydrogen (secondary N) is 2. The average Bonchev–Trinajstić information content (AvgIpc) is 2.78. The van der Waals surface area contributed by atoms with Gasteiger partial charge < -0.3 is 15.5 Å². The number of fused-ring (bicyclic) bond motifs is 1. The number of nitrogens with zero attached hydrogens (tertiary/aromatic N) is 3. The van der Waals surface area contributed by atoms with Crippen molar-refractivity contribution in [2.24, 2.45) is 0 Å². The quantitative estimate of drug-likeness (QED) is 0.607. The van der Waals surface area contributed by atoms with E-state index < -0.39 is 23.5 Å². The lowest BCUT2D eigenvalue weighted by Gasteiger charge is -2.30. The molecular weight excluding hydrogens is 450 g/mol. The smallest absolute Gasteiger partial charge is 0.362 e. The molecular formula is C24H29F4N5O. The number of aromatic nitrogens is 2. The molecule has 0 radical (unpaired) electrons. The van der Waals surface area contributed by atoms with E-state index in [9.17, 15) is 22.4 Å². The van der Waals surface area contributed by atoms with Crippen molar-refractivity contribution in [3.05, 3.63) is 46.4 Å². The van der Waals surface area contributed by atoms with Crippen molar-refractivity contribution in [2.75, 3.05) is 24.3 Å². The van der Waals surface area contributed by atoms with E-state index in [1.165, 1.54) is 5.56 Å². The Morgan fingerprint density at radius 1 is 1.03 bits per heavy atom. The number of carbonyl (C=O) groups is 1. The first-order valence-electron chi connectivity index (χ1n) is 11.6. The van der Waals surface area contributed by atoms with Crippen LogP contribution in [0, 0.1) is 5.82 Å². The highest BCUT2D eigenvalue weighted by Gasteiger charge is 2.34. The first-order valence-corrected chi connectivity index (χ1v) is 11.6. The van der Waals surface area contributed by atoms with Crippen LogP contribution in [0.2, 0.25) is 0 Å². The van der Waals surface area contributed by atoms with Crippen molar-refractivity contribution in [2.45, 2.75) is 69.6 Å². The van der Waals surface area contributed by atoms with Crippen LogP contribution in [0.5, 0.6) is 0 Å². The third-order valence-corrected chi connectivity index (χ3v) is 6.52. The van der Waals surface area contributed by atoms with Crippen LogP contribution in [-0.2, 0) is 19.0 Å². The summed E-state index contributed by atoms with van der Waals surface area (Å²) in [5.74, 6) is -0.443. The van der Waals surface area contributed by atoms with Crippen molar-refractivity contribution in [3.63, 3.8) is 0 Å². The minimum atomic E-state index is -4.79. The second-order valence-corrected chi connectivity index (χ2v) is 9.26. The number of anilines is 2. The van der Waals surface area contributed by atoms with E-state index >= 15 is 0 Å². The van der Waals surface area contributed by atoms with E-state index in [1.54, 1.807) is 0 Å². The number of carbonyl (C=O) groups excluding carboxylic acids is 1. The average molecular weight is 480 g/mol. The fourth-order valence-electron chi connectivity index (χ4n) is 4.73. The topological polar surface area (TPSA) is 70.2 Å². The van der Waals surface area contributed by atoms with Gasteiger partial charge in [0.15, 0.2) is 0 Å². The molecule has 0 bridgehead atoms. The lowest BCUT2D eigenvalue weighted by Crippen LogP contribution is -2.40. The number of amides is 1. The molecule has 6 nitrogen and oxygen atoms in total. The molecule has 2 aromatic rings. The molecule has 1 amide bonds. The zero-order valence-electron chi connectivity index (χ0n) is 19.3. The highest BCUT2D eigenvalue weighted by atomic mass is 19.4. The summed E-state index contributed by atoms with van der Waals surface area (Å²) >= 11 is 0. The van der Waals surface area contributed by atoms with Gasteiger partial charge in [0.1, 0.15) is 11.6 Å². The van der Waals surface area contributed by atoms with Gasteiger partial charge in [-0.2, -0.15) is 18.2 Å². The summed E-state index contributed by atoms with van der Waals surface area (Å²) < 4.78 is 52.0. The molecule has 1 heterocycles. The summed E-state index contributed by atoms with van der Waals surface area (Å²) in [6.07, 6.45) is 2.39. The zero-order chi connectivity index (χ0) is 24.5. The molecule has 1 saturated carbocycles. The van der Waals surface area contributed by atoms with Crippen LogP contribution in [0.4, 0.5) is 29.3 Å². The Morgan fingerprint density at radius 3 is 2.35 bits per heavy atom. The van der Waals surface area contributed by atoms with Crippen LogP contribution in [0.1, 0.15) is 65.7 Å². The highest BCUT2D eigenvalue weighted by Crippen LogP contribution is 2.32. The van der Waals surface area contributed by atoms with Crippen molar-refractivity contribution >= 4 is 17.7 Å². The Labute approximate surface area is 196 Å². The van der Waals surface area contributed by atoms with Crippen LogP contribution in [0.15, 0.2) is 18.2 Å². The Bertz CT molecular complexity index is 1050. The molecule has 1 aromatic carbocycles. The molecule has 4 rings (SSSR count). The maximum absolute atomic E-state index is 13.8. The second kappa shape index (κ2) is 9.76. The number of halogens is 4. The van der Waals surface area contributed by atoms with Crippen LogP contribution in [0.3, 0.4) is 0 Å². The first-order chi connectivity index (χ1) is 16.1. The number of hydrogen-bond donors (Lipinski definition) is 2. The number of aryl methyl sites for hydroxylation is 1. The van der Waals surface area contributed by atoms with Crippen LogP contribution in [0.25, 0.3) is 0 Å². The minimum Gasteiger partial charge on any atom is -0.362 e. The Kier molecular flexibility index (Phi) is 6.95. The molecule has 0 unspecified atom stereocenters. The molecule has 184 valence electrons. The second-order valence-electron chi connectivity index (χ2n) is 9.26. The third-order valence-electron chi connectivity index (χ3n) is 6.52. The van der Waals surface area contributed by atoms with Crippen LogP contribution >= 0.6 is 0 Å². The van der Waals surface area contributed by atoms with Gasteiger partial charge in [0, 0.05) is 37.3 Å². The van der Waals surface area contributed by atoms with Gasteiger partial charge in [-0.3, -0.25) is 4.79 Å². The molecule has 2 N–H and O–H groups in total. The van der Waals surface area contributed by atoms with Crippen molar-refractivity contribution in [1.29, 1.82) is 0 Å². The number of alkyl halides is 3. The summed E-state index contributed by atoms with van der Waals surface area (Å²) in [6, 6.07) is 2.28. The zero-order valence-corrected chi connectivity index (χ0v) is 19.3. The highest BCUT2D eigenvalue weighted by molar-refractivity contribution is 5.94. The molecule has 34 heavy (non-hydrogen) atoms. The van der Waals surface area contributed by atoms with Crippen molar-refractivity contribution in [1.82, 2.24) is 15.3 Å². The molecule has 0 aliphatic heterocycles. The molecule has 10 heteroatoms. The van der Waals surface area contributed by atoms with Gasteiger partial charge in [-0.1, -0.05) is 0 Å². The predicted octanol–water partition coefficient (Wildman–Crippen LogP) is 4.73. The Hall–Kier alpha value is -2.91. The molecule has 0 atom stereocenters. The predicted molar refractivity (Wildman–Crippen MR) is 122 cm³/mol. The minimum absolute atomic E-state index is 0.121. The monoisotopic (exact) mass is 479 g/mol. The summed E-state index contributed by atoms with van der Waals surface area (Å²) in [5, 5.41) is 6.26. The lowest BCUT2D eigenvalue weighted by molar-refractivity contribution is -0.140. The van der Waals surface area contributed by atoms with Gasteiger partial charge in [0.05, 0.1) is 11.3 Å². The Morgan fingerprint density at radius 2 is 1.71 bits per heavy atom. The fraction of sp³-hybridized carbons (Fsp3) is 0.542. The van der Waals surface area contributed by atoms with Crippen molar-refractivity contribution in [3.8, 4) is 0 Å². The maximum atomic E-state index is 13.8. The number of benzene rings is 1. The van der Waals surface area contributed by atoms with Crippen molar-refractivity contribution < 1.29 is 22.4 Å². The summed E-state index contributed by atoms with van der Waals surface area (Å²) in [7, 11) is 3.97. The van der Waals surface area contributed by atoms with E-state index in [4.69, 9.17) is 9.97 Å². The normalized spacial score (nSPS) is 20.4. The van der Waals surface area contributed by atoms with Gasteiger partial charge >= 0.3 is 6.18 Å². The van der Waals surface area contributed by atoms with Gasteiger partial charge in [-0.05, 0) is 69.6 Å².